The van der Waals surface area contributed by atoms with Gasteiger partial charge in [-0.3, -0.25) is 4.79 Å². The molecule has 0 aliphatic carbocycles. The standard InChI is InChI=1S/C13H29N3O/c1-13(2,3)11-15(4)10-7-12(17)16(5)9-6-8-14/h6-11,14H2,1-5H3. The highest BCUT2D eigenvalue weighted by molar-refractivity contribution is 5.76. The predicted molar refractivity (Wildman–Crippen MR) is 72.9 cm³/mol. The van der Waals surface area contributed by atoms with Crippen molar-refractivity contribution < 1.29 is 4.79 Å². The summed E-state index contributed by atoms with van der Waals surface area (Å²) in [6, 6.07) is 0. The number of hydrogen-bond donors (Lipinski definition) is 1. The Bertz CT molecular complexity index is 223. The van der Waals surface area contributed by atoms with Gasteiger partial charge in [-0.25, -0.2) is 0 Å². The molecule has 2 N–H and O–H groups in total. The first-order chi connectivity index (χ1) is 7.76. The maximum atomic E-state index is 11.8. The molecule has 0 bridgehead atoms. The Kier molecular flexibility index (Phi) is 7.39. The van der Waals surface area contributed by atoms with E-state index in [9.17, 15) is 4.79 Å². The van der Waals surface area contributed by atoms with Gasteiger partial charge < -0.3 is 15.5 Å². The molecule has 0 aromatic carbocycles. The minimum absolute atomic E-state index is 0.208. The van der Waals surface area contributed by atoms with Gasteiger partial charge in [0.25, 0.3) is 0 Å². The molecule has 0 saturated carbocycles. The molecule has 0 heterocycles. The van der Waals surface area contributed by atoms with Crippen molar-refractivity contribution in [3.05, 3.63) is 0 Å². The first-order valence-electron chi connectivity index (χ1n) is 6.39. The molecule has 0 rings (SSSR count). The average molecular weight is 243 g/mol. The molecule has 4 heteroatoms. The van der Waals surface area contributed by atoms with Crippen LogP contribution in [-0.2, 0) is 4.79 Å². The second-order valence-corrected chi connectivity index (χ2v) is 6.01. The van der Waals surface area contributed by atoms with Gasteiger partial charge in [0.05, 0.1) is 0 Å². The normalized spacial score (nSPS) is 11.9. The van der Waals surface area contributed by atoms with Gasteiger partial charge in [-0.05, 0) is 25.4 Å². The summed E-state index contributed by atoms with van der Waals surface area (Å²) in [5.74, 6) is 0.208. The van der Waals surface area contributed by atoms with Crippen molar-refractivity contribution in [3.8, 4) is 0 Å². The Labute approximate surface area is 106 Å². The van der Waals surface area contributed by atoms with E-state index in [4.69, 9.17) is 5.73 Å². The maximum absolute atomic E-state index is 11.8. The lowest BCUT2D eigenvalue weighted by Crippen LogP contribution is -2.35. The highest BCUT2D eigenvalue weighted by Gasteiger charge is 2.15. The van der Waals surface area contributed by atoms with Crippen molar-refractivity contribution in [2.24, 2.45) is 11.1 Å². The van der Waals surface area contributed by atoms with Crippen LogP contribution in [0.15, 0.2) is 0 Å². The van der Waals surface area contributed by atoms with Crippen LogP contribution in [0, 0.1) is 5.41 Å². The van der Waals surface area contributed by atoms with Gasteiger partial charge in [0.1, 0.15) is 0 Å². The summed E-state index contributed by atoms with van der Waals surface area (Å²) >= 11 is 0. The van der Waals surface area contributed by atoms with Gasteiger partial charge in [0.15, 0.2) is 0 Å². The number of amides is 1. The molecule has 0 aliphatic rings. The third kappa shape index (κ3) is 9.12. The van der Waals surface area contributed by atoms with Crippen LogP contribution in [-0.4, -0.2) is 56.0 Å². The summed E-state index contributed by atoms with van der Waals surface area (Å²) < 4.78 is 0. The van der Waals surface area contributed by atoms with Crippen molar-refractivity contribution in [2.75, 3.05) is 40.3 Å². The van der Waals surface area contributed by atoms with E-state index in [1.807, 2.05) is 7.05 Å². The minimum atomic E-state index is 0.208. The van der Waals surface area contributed by atoms with E-state index in [-0.39, 0.29) is 11.3 Å². The van der Waals surface area contributed by atoms with Crippen molar-refractivity contribution in [1.29, 1.82) is 0 Å². The van der Waals surface area contributed by atoms with Gasteiger partial charge in [-0.1, -0.05) is 20.8 Å². The molecule has 1 amide bonds. The van der Waals surface area contributed by atoms with Crippen molar-refractivity contribution in [3.63, 3.8) is 0 Å². The molecular formula is C13H29N3O. The number of carbonyl (C=O) groups excluding carboxylic acids is 1. The van der Waals surface area contributed by atoms with Crippen LogP contribution >= 0.6 is 0 Å². The second kappa shape index (κ2) is 7.67. The van der Waals surface area contributed by atoms with E-state index in [0.29, 0.717) is 13.0 Å². The fourth-order valence-corrected chi connectivity index (χ4v) is 1.82. The van der Waals surface area contributed by atoms with E-state index in [1.54, 1.807) is 4.90 Å². The Hall–Kier alpha value is -0.610. The predicted octanol–water partition coefficient (Wildman–Crippen LogP) is 1.16. The first kappa shape index (κ1) is 16.4. The summed E-state index contributed by atoms with van der Waals surface area (Å²) in [6.07, 6.45) is 1.47. The Morgan fingerprint density at radius 1 is 1.18 bits per heavy atom. The molecule has 0 fully saturated rings. The van der Waals surface area contributed by atoms with Crippen molar-refractivity contribution in [2.45, 2.75) is 33.6 Å². The Morgan fingerprint density at radius 3 is 2.24 bits per heavy atom. The number of carbonyl (C=O) groups is 1. The van der Waals surface area contributed by atoms with E-state index in [2.05, 4.69) is 32.7 Å². The zero-order chi connectivity index (χ0) is 13.5. The van der Waals surface area contributed by atoms with E-state index in [0.717, 1.165) is 26.1 Å². The van der Waals surface area contributed by atoms with Crippen molar-refractivity contribution in [1.82, 2.24) is 9.80 Å². The van der Waals surface area contributed by atoms with Gasteiger partial charge in [0.2, 0.25) is 5.91 Å². The highest BCUT2D eigenvalue weighted by atomic mass is 16.2. The van der Waals surface area contributed by atoms with Gasteiger partial charge >= 0.3 is 0 Å². The molecule has 0 aromatic heterocycles. The van der Waals surface area contributed by atoms with Gasteiger partial charge in [-0.2, -0.15) is 0 Å². The minimum Gasteiger partial charge on any atom is -0.346 e. The third-order valence-electron chi connectivity index (χ3n) is 2.58. The lowest BCUT2D eigenvalue weighted by atomic mass is 9.96. The molecular weight excluding hydrogens is 214 g/mol. The maximum Gasteiger partial charge on any atom is 0.223 e. The fraction of sp³-hybridized carbons (Fsp3) is 0.923. The highest BCUT2D eigenvalue weighted by Crippen LogP contribution is 2.14. The lowest BCUT2D eigenvalue weighted by Gasteiger charge is -2.27. The summed E-state index contributed by atoms with van der Waals surface area (Å²) in [6.45, 7) is 9.85. The molecule has 0 radical (unpaired) electrons. The quantitative estimate of drug-likeness (QED) is 0.730. The van der Waals surface area contributed by atoms with Crippen molar-refractivity contribution >= 4 is 5.91 Å². The average Bonchev–Trinajstić information content (AvgIpc) is 2.20. The number of nitrogens with two attached hydrogens (primary N) is 1. The molecule has 0 aliphatic heterocycles. The van der Waals surface area contributed by atoms with E-state index >= 15 is 0 Å². The molecule has 0 atom stereocenters. The fourth-order valence-electron chi connectivity index (χ4n) is 1.82. The summed E-state index contributed by atoms with van der Waals surface area (Å²) in [4.78, 5) is 15.8. The molecule has 17 heavy (non-hydrogen) atoms. The smallest absolute Gasteiger partial charge is 0.223 e. The SMILES string of the molecule is CN(CCC(=O)N(C)CCCN)CC(C)(C)C. The Balaban J connectivity index is 3.83. The van der Waals surface area contributed by atoms with Crippen LogP contribution in [0.3, 0.4) is 0 Å². The number of nitrogens with zero attached hydrogens (tertiary/aromatic N) is 2. The monoisotopic (exact) mass is 243 g/mol. The van der Waals surface area contributed by atoms with Crippen LogP contribution in [0.2, 0.25) is 0 Å². The molecule has 0 aromatic rings. The van der Waals surface area contributed by atoms with E-state index in [1.165, 1.54) is 0 Å². The Morgan fingerprint density at radius 2 is 1.76 bits per heavy atom. The number of hydrogen-bond acceptors (Lipinski definition) is 3. The molecule has 102 valence electrons. The van der Waals surface area contributed by atoms with Crippen LogP contribution in [0.4, 0.5) is 0 Å². The largest absolute Gasteiger partial charge is 0.346 e. The van der Waals surface area contributed by atoms with Crippen LogP contribution in [0.5, 0.6) is 0 Å². The summed E-state index contributed by atoms with van der Waals surface area (Å²) in [5.41, 5.74) is 5.70. The molecule has 0 unspecified atom stereocenters. The molecule has 0 spiro atoms. The zero-order valence-electron chi connectivity index (χ0n) is 12.1. The lowest BCUT2D eigenvalue weighted by molar-refractivity contribution is -0.130. The molecule has 4 nitrogen and oxygen atoms in total. The van der Waals surface area contributed by atoms with Gasteiger partial charge in [0, 0.05) is 33.1 Å². The first-order valence-corrected chi connectivity index (χ1v) is 6.39. The van der Waals surface area contributed by atoms with E-state index < -0.39 is 0 Å². The third-order valence-corrected chi connectivity index (χ3v) is 2.58. The zero-order valence-corrected chi connectivity index (χ0v) is 12.1. The van der Waals surface area contributed by atoms with Crippen LogP contribution in [0.1, 0.15) is 33.6 Å². The van der Waals surface area contributed by atoms with Crippen LogP contribution in [0.25, 0.3) is 0 Å². The topological polar surface area (TPSA) is 49.6 Å². The number of rotatable bonds is 7. The molecule has 0 saturated heterocycles. The van der Waals surface area contributed by atoms with Crippen LogP contribution < -0.4 is 5.73 Å². The summed E-state index contributed by atoms with van der Waals surface area (Å²) in [7, 11) is 3.92. The second-order valence-electron chi connectivity index (χ2n) is 6.01. The van der Waals surface area contributed by atoms with Gasteiger partial charge in [-0.15, -0.1) is 0 Å². The summed E-state index contributed by atoms with van der Waals surface area (Å²) in [5, 5.41) is 0.